The van der Waals surface area contributed by atoms with Crippen LogP contribution in [0.25, 0.3) is 0 Å². The second kappa shape index (κ2) is 5.38. The Morgan fingerprint density at radius 1 is 1.15 bits per heavy atom. The van der Waals surface area contributed by atoms with Gasteiger partial charge in [-0.05, 0) is 31.2 Å². The number of nitrogens with zero attached hydrogens (tertiary/aromatic N) is 2. The first-order chi connectivity index (χ1) is 9.45. The molecule has 0 saturated carbocycles. The smallest absolute Gasteiger partial charge is 0.337 e. The average molecular weight is 291 g/mol. The summed E-state index contributed by atoms with van der Waals surface area (Å²) < 4.78 is 25.1. The molecule has 0 aliphatic rings. The van der Waals surface area contributed by atoms with Crippen LogP contribution in [-0.2, 0) is 14.5 Å². The Balaban J connectivity index is 2.40. The lowest BCUT2D eigenvalue weighted by molar-refractivity contribution is 0.0600. The maximum atomic E-state index is 12.5. The van der Waals surface area contributed by atoms with Gasteiger partial charge in [-0.2, -0.15) is 0 Å². The van der Waals surface area contributed by atoms with Crippen LogP contribution in [0, 0.1) is 11.7 Å². The SMILES string of the molecule is COC(=O)c1ccc(S(=N)(=O)c2cnc(C)nc2)cc1. The second-order valence-corrected chi connectivity index (χ2v) is 6.09. The minimum Gasteiger partial charge on any atom is -0.465 e. The molecule has 0 aliphatic carbocycles. The van der Waals surface area contributed by atoms with E-state index in [1.165, 1.54) is 43.8 Å². The topological polar surface area (TPSA) is 93.0 Å². The van der Waals surface area contributed by atoms with E-state index in [0.29, 0.717) is 11.4 Å². The molecule has 1 heterocycles. The lowest BCUT2D eigenvalue weighted by Gasteiger charge is -2.08. The molecule has 1 aromatic heterocycles. The van der Waals surface area contributed by atoms with Crippen molar-refractivity contribution in [3.05, 3.63) is 48.0 Å². The number of methoxy groups -OCH3 is 1. The highest BCUT2D eigenvalue weighted by molar-refractivity contribution is 7.92. The molecule has 0 aliphatic heterocycles. The lowest BCUT2D eigenvalue weighted by atomic mass is 10.2. The number of carbonyl (C=O) groups excluding carboxylic acids is 1. The summed E-state index contributed by atoms with van der Waals surface area (Å²) in [6.45, 7) is 1.71. The molecule has 0 fully saturated rings. The molecule has 1 atom stereocenters. The van der Waals surface area contributed by atoms with Gasteiger partial charge in [0.1, 0.15) is 15.6 Å². The zero-order chi connectivity index (χ0) is 14.8. The zero-order valence-corrected chi connectivity index (χ0v) is 11.8. The number of aryl methyl sites for hydroxylation is 1. The molecule has 104 valence electrons. The summed E-state index contributed by atoms with van der Waals surface area (Å²) in [7, 11) is -1.90. The van der Waals surface area contributed by atoms with Crippen LogP contribution in [0.5, 0.6) is 0 Å². The molecular weight excluding hydrogens is 278 g/mol. The van der Waals surface area contributed by atoms with E-state index in [2.05, 4.69) is 14.7 Å². The van der Waals surface area contributed by atoms with E-state index in [1.54, 1.807) is 6.92 Å². The van der Waals surface area contributed by atoms with Gasteiger partial charge in [-0.1, -0.05) is 0 Å². The maximum absolute atomic E-state index is 12.5. The van der Waals surface area contributed by atoms with Crippen LogP contribution in [0.3, 0.4) is 0 Å². The van der Waals surface area contributed by atoms with Gasteiger partial charge < -0.3 is 4.74 Å². The summed E-state index contributed by atoms with van der Waals surface area (Å²) in [6.07, 6.45) is 2.76. The van der Waals surface area contributed by atoms with E-state index >= 15 is 0 Å². The number of esters is 1. The quantitative estimate of drug-likeness (QED) is 0.873. The Bertz CT molecular complexity index is 722. The Morgan fingerprint density at radius 2 is 1.70 bits per heavy atom. The molecule has 1 aromatic carbocycles. The van der Waals surface area contributed by atoms with Gasteiger partial charge in [0.2, 0.25) is 0 Å². The molecule has 2 rings (SSSR count). The van der Waals surface area contributed by atoms with E-state index in [1.807, 2.05) is 0 Å². The lowest BCUT2D eigenvalue weighted by Crippen LogP contribution is -2.04. The first-order valence-electron chi connectivity index (χ1n) is 5.71. The van der Waals surface area contributed by atoms with Crippen molar-refractivity contribution >= 4 is 15.7 Å². The van der Waals surface area contributed by atoms with Crippen molar-refractivity contribution in [1.82, 2.24) is 9.97 Å². The number of rotatable bonds is 3. The Hall–Kier alpha value is -2.28. The molecule has 1 unspecified atom stereocenters. The third-order valence-corrected chi connectivity index (χ3v) is 4.51. The second-order valence-electron chi connectivity index (χ2n) is 4.04. The first kappa shape index (κ1) is 14.1. The summed E-state index contributed by atoms with van der Waals surface area (Å²) in [4.78, 5) is 19.7. The van der Waals surface area contributed by atoms with Gasteiger partial charge in [0, 0.05) is 12.4 Å². The fourth-order valence-electron chi connectivity index (χ4n) is 1.57. The van der Waals surface area contributed by atoms with Crippen molar-refractivity contribution in [1.29, 1.82) is 4.78 Å². The van der Waals surface area contributed by atoms with Crippen molar-refractivity contribution in [2.75, 3.05) is 7.11 Å². The van der Waals surface area contributed by atoms with Crippen LogP contribution in [0.15, 0.2) is 46.5 Å². The number of hydrogen-bond acceptors (Lipinski definition) is 6. The van der Waals surface area contributed by atoms with Crippen molar-refractivity contribution in [3.63, 3.8) is 0 Å². The number of hydrogen-bond donors (Lipinski definition) is 1. The summed E-state index contributed by atoms with van der Waals surface area (Å²) in [5.74, 6) is 0.0664. The first-order valence-corrected chi connectivity index (χ1v) is 7.27. The molecular formula is C13H13N3O3S. The van der Waals surface area contributed by atoms with Crippen LogP contribution in [0.2, 0.25) is 0 Å². The fraction of sp³-hybridized carbons (Fsp3) is 0.154. The van der Waals surface area contributed by atoms with Gasteiger partial charge in [0.05, 0.1) is 22.5 Å². The summed E-state index contributed by atoms with van der Waals surface area (Å²) in [6, 6.07) is 5.90. The molecule has 0 bridgehead atoms. The highest BCUT2D eigenvalue weighted by Crippen LogP contribution is 2.20. The molecule has 20 heavy (non-hydrogen) atoms. The van der Waals surface area contributed by atoms with Crippen molar-refractivity contribution in [2.24, 2.45) is 0 Å². The number of benzene rings is 1. The molecule has 1 N–H and O–H groups in total. The number of carbonyl (C=O) groups is 1. The summed E-state index contributed by atoms with van der Waals surface area (Å²) in [5, 5.41) is 0. The molecule has 0 saturated heterocycles. The predicted octanol–water partition coefficient (Wildman–Crippen LogP) is 2.04. The largest absolute Gasteiger partial charge is 0.465 e. The summed E-state index contributed by atoms with van der Waals surface area (Å²) >= 11 is 0. The van der Waals surface area contributed by atoms with Crippen molar-refractivity contribution < 1.29 is 13.7 Å². The average Bonchev–Trinajstić information content (AvgIpc) is 2.47. The molecule has 7 heteroatoms. The molecule has 0 amide bonds. The van der Waals surface area contributed by atoms with E-state index in [-0.39, 0.29) is 9.79 Å². The monoisotopic (exact) mass is 291 g/mol. The van der Waals surface area contributed by atoms with Crippen LogP contribution in [0.1, 0.15) is 16.2 Å². The highest BCUT2D eigenvalue weighted by atomic mass is 32.2. The normalized spacial score (nSPS) is 13.5. The van der Waals surface area contributed by atoms with Crippen molar-refractivity contribution in [3.8, 4) is 0 Å². The predicted molar refractivity (Wildman–Crippen MR) is 71.9 cm³/mol. The Labute approximate surface area is 116 Å². The van der Waals surface area contributed by atoms with Gasteiger partial charge in [-0.15, -0.1) is 0 Å². The standard InChI is InChI=1S/C13H13N3O3S/c1-9-15-7-12(8-16-9)20(14,18)11-5-3-10(4-6-11)13(17)19-2/h3-8,14H,1-2H3. The molecule has 0 radical (unpaired) electrons. The van der Waals surface area contributed by atoms with Crippen molar-refractivity contribution in [2.45, 2.75) is 16.7 Å². The zero-order valence-electron chi connectivity index (χ0n) is 11.0. The van der Waals surface area contributed by atoms with Crippen LogP contribution >= 0.6 is 0 Å². The number of aromatic nitrogens is 2. The Kier molecular flexibility index (Phi) is 3.80. The van der Waals surface area contributed by atoms with Gasteiger partial charge in [-0.3, -0.25) is 0 Å². The third kappa shape index (κ3) is 2.67. The Morgan fingerprint density at radius 3 is 2.20 bits per heavy atom. The van der Waals surface area contributed by atoms with E-state index < -0.39 is 15.7 Å². The minimum atomic E-state index is -3.18. The third-order valence-electron chi connectivity index (χ3n) is 2.70. The van der Waals surface area contributed by atoms with E-state index in [9.17, 15) is 9.00 Å². The maximum Gasteiger partial charge on any atom is 0.337 e. The number of ether oxygens (including phenoxy) is 1. The van der Waals surface area contributed by atoms with E-state index in [4.69, 9.17) is 4.78 Å². The summed E-state index contributed by atoms with van der Waals surface area (Å²) in [5.41, 5.74) is 0.339. The van der Waals surface area contributed by atoms with Crippen LogP contribution in [0.4, 0.5) is 0 Å². The van der Waals surface area contributed by atoms with Gasteiger partial charge in [-0.25, -0.2) is 23.8 Å². The number of nitrogens with one attached hydrogen (secondary N) is 1. The minimum absolute atomic E-state index is 0.230. The van der Waals surface area contributed by atoms with E-state index in [0.717, 1.165) is 0 Å². The molecule has 0 spiro atoms. The van der Waals surface area contributed by atoms with Gasteiger partial charge in [0.15, 0.2) is 0 Å². The molecule has 6 nitrogen and oxygen atoms in total. The van der Waals surface area contributed by atoms with Gasteiger partial charge in [0.25, 0.3) is 0 Å². The molecule has 2 aromatic rings. The highest BCUT2D eigenvalue weighted by Gasteiger charge is 2.15. The van der Waals surface area contributed by atoms with Crippen LogP contribution in [-0.4, -0.2) is 27.3 Å². The van der Waals surface area contributed by atoms with Gasteiger partial charge >= 0.3 is 5.97 Å². The fourth-order valence-corrected chi connectivity index (χ4v) is 2.76. The van der Waals surface area contributed by atoms with Crippen LogP contribution < -0.4 is 0 Å².